The van der Waals surface area contributed by atoms with Gasteiger partial charge in [-0.3, -0.25) is 0 Å². The van der Waals surface area contributed by atoms with Gasteiger partial charge in [0.05, 0.1) is 6.61 Å². The van der Waals surface area contributed by atoms with Crippen molar-refractivity contribution in [3.05, 3.63) is 27.8 Å². The van der Waals surface area contributed by atoms with Crippen LogP contribution in [0, 0.1) is 3.57 Å². The molecule has 54 valence electrons. The highest BCUT2D eigenvalue weighted by Crippen LogP contribution is 2.14. The maximum absolute atomic E-state index is 5.28. The van der Waals surface area contributed by atoms with E-state index in [4.69, 9.17) is 4.74 Å². The number of halogens is 1. The smallest absolute Gasteiger partial charge is 0.120 e. The fourth-order valence-electron chi connectivity index (χ4n) is 0.723. The Morgan fingerprint density at radius 3 is 2.90 bits per heavy atom. The third-order valence-electron chi connectivity index (χ3n) is 1.11. The topological polar surface area (TPSA) is 9.23 Å². The van der Waals surface area contributed by atoms with E-state index in [2.05, 4.69) is 22.6 Å². The molecule has 0 aliphatic carbocycles. The number of benzene rings is 1. The molecule has 1 rings (SSSR count). The molecule has 1 aromatic carbocycles. The highest BCUT2D eigenvalue weighted by molar-refractivity contribution is 14.1. The highest BCUT2D eigenvalue weighted by Gasteiger charge is 1.90. The molecule has 2 heteroatoms. The molecule has 0 fully saturated rings. The van der Waals surface area contributed by atoms with Crippen LogP contribution in [0.4, 0.5) is 0 Å². The van der Waals surface area contributed by atoms with Crippen molar-refractivity contribution in [1.82, 2.24) is 0 Å². The average Bonchev–Trinajstić information content (AvgIpc) is 1.88. The fourth-order valence-corrected chi connectivity index (χ4v) is 1.24. The van der Waals surface area contributed by atoms with Crippen molar-refractivity contribution < 1.29 is 4.74 Å². The Kier molecular flexibility index (Phi) is 2.99. The molecule has 0 bridgehead atoms. The molecule has 0 radical (unpaired) electrons. The number of ether oxygens (including phenoxy) is 1. The van der Waals surface area contributed by atoms with Crippen LogP contribution in [0.2, 0.25) is 0 Å². The Morgan fingerprint density at radius 2 is 2.30 bits per heavy atom. The summed E-state index contributed by atoms with van der Waals surface area (Å²) in [5.74, 6) is 0.953. The minimum atomic E-state index is 0.736. The van der Waals surface area contributed by atoms with Crippen LogP contribution in [-0.2, 0) is 0 Å². The molecule has 0 aliphatic heterocycles. The lowest BCUT2D eigenvalue weighted by atomic mass is 10.3. The molecule has 0 N–H and O–H groups in total. The van der Waals surface area contributed by atoms with E-state index in [1.54, 1.807) is 0 Å². The van der Waals surface area contributed by atoms with Gasteiger partial charge in [0.1, 0.15) is 5.75 Å². The van der Waals surface area contributed by atoms with Crippen LogP contribution in [0.5, 0.6) is 5.75 Å². The summed E-state index contributed by atoms with van der Waals surface area (Å²) in [5, 5.41) is 0. The second kappa shape index (κ2) is 3.81. The van der Waals surface area contributed by atoms with Gasteiger partial charge in [0.15, 0.2) is 0 Å². The van der Waals surface area contributed by atoms with E-state index in [-0.39, 0.29) is 0 Å². The Morgan fingerprint density at radius 1 is 1.50 bits per heavy atom. The van der Waals surface area contributed by atoms with Crippen LogP contribution in [0.1, 0.15) is 6.92 Å². The monoisotopic (exact) mass is 248 g/mol. The molecule has 0 amide bonds. The molecular weight excluding hydrogens is 239 g/mol. The van der Waals surface area contributed by atoms with Crippen molar-refractivity contribution in [3.8, 4) is 5.75 Å². The van der Waals surface area contributed by atoms with Gasteiger partial charge in [0.25, 0.3) is 0 Å². The van der Waals surface area contributed by atoms with Crippen LogP contribution in [0.15, 0.2) is 24.3 Å². The Balaban J connectivity index is 2.75. The van der Waals surface area contributed by atoms with Crippen molar-refractivity contribution in [3.63, 3.8) is 0 Å². The van der Waals surface area contributed by atoms with Gasteiger partial charge < -0.3 is 4.74 Å². The standard InChI is InChI=1S/C8H9IO/c1-2-10-8-5-3-4-7(9)6-8/h3-6H,2H2,1H3. The molecular formula is C8H9IO. The quantitative estimate of drug-likeness (QED) is 0.731. The third kappa shape index (κ3) is 2.17. The van der Waals surface area contributed by atoms with E-state index in [1.165, 1.54) is 3.57 Å². The van der Waals surface area contributed by atoms with Crippen molar-refractivity contribution in [2.75, 3.05) is 6.61 Å². The molecule has 10 heavy (non-hydrogen) atoms. The van der Waals surface area contributed by atoms with Gasteiger partial charge in [-0.15, -0.1) is 0 Å². The number of hydrogen-bond acceptors (Lipinski definition) is 1. The highest BCUT2D eigenvalue weighted by atomic mass is 127. The van der Waals surface area contributed by atoms with E-state index in [0.717, 1.165) is 12.4 Å². The van der Waals surface area contributed by atoms with Crippen LogP contribution in [0.25, 0.3) is 0 Å². The minimum absolute atomic E-state index is 0.736. The average molecular weight is 248 g/mol. The number of rotatable bonds is 2. The van der Waals surface area contributed by atoms with Gasteiger partial charge in [0.2, 0.25) is 0 Å². The van der Waals surface area contributed by atoms with Crippen LogP contribution in [-0.4, -0.2) is 6.61 Å². The molecule has 0 aliphatic rings. The molecule has 0 saturated carbocycles. The van der Waals surface area contributed by atoms with Crippen LogP contribution < -0.4 is 4.74 Å². The Labute approximate surface area is 74.5 Å². The van der Waals surface area contributed by atoms with E-state index < -0.39 is 0 Å². The molecule has 0 saturated heterocycles. The molecule has 0 heterocycles. The molecule has 0 spiro atoms. The predicted octanol–water partition coefficient (Wildman–Crippen LogP) is 2.69. The summed E-state index contributed by atoms with van der Waals surface area (Å²) in [7, 11) is 0. The first-order chi connectivity index (χ1) is 4.83. The Hall–Kier alpha value is -0.250. The van der Waals surface area contributed by atoms with E-state index in [1.807, 2.05) is 31.2 Å². The SMILES string of the molecule is CCOc1cccc(I)c1. The summed E-state index contributed by atoms with van der Waals surface area (Å²) in [6.45, 7) is 2.72. The first kappa shape index (κ1) is 7.85. The van der Waals surface area contributed by atoms with Crippen LogP contribution in [0.3, 0.4) is 0 Å². The summed E-state index contributed by atoms with van der Waals surface area (Å²) < 4.78 is 6.49. The summed E-state index contributed by atoms with van der Waals surface area (Å²) in [4.78, 5) is 0. The van der Waals surface area contributed by atoms with Crippen molar-refractivity contribution in [2.24, 2.45) is 0 Å². The fraction of sp³-hybridized carbons (Fsp3) is 0.250. The molecule has 0 atom stereocenters. The zero-order valence-electron chi connectivity index (χ0n) is 5.80. The zero-order valence-corrected chi connectivity index (χ0v) is 7.96. The van der Waals surface area contributed by atoms with Gasteiger partial charge in [-0.1, -0.05) is 6.07 Å². The molecule has 1 nitrogen and oxygen atoms in total. The molecule has 1 aromatic rings. The van der Waals surface area contributed by atoms with Gasteiger partial charge in [0, 0.05) is 3.57 Å². The maximum Gasteiger partial charge on any atom is 0.120 e. The lowest BCUT2D eigenvalue weighted by molar-refractivity contribution is 0.340. The summed E-state index contributed by atoms with van der Waals surface area (Å²) in [5.41, 5.74) is 0. The third-order valence-corrected chi connectivity index (χ3v) is 1.78. The summed E-state index contributed by atoms with van der Waals surface area (Å²) in [6, 6.07) is 8.02. The number of hydrogen-bond donors (Lipinski definition) is 0. The second-order valence-electron chi connectivity index (χ2n) is 1.89. The lowest BCUT2D eigenvalue weighted by Crippen LogP contribution is -1.90. The van der Waals surface area contributed by atoms with Crippen molar-refractivity contribution in [1.29, 1.82) is 0 Å². The first-order valence-electron chi connectivity index (χ1n) is 3.21. The van der Waals surface area contributed by atoms with Gasteiger partial charge in [-0.05, 0) is 47.7 Å². The van der Waals surface area contributed by atoms with Gasteiger partial charge in [-0.2, -0.15) is 0 Å². The summed E-state index contributed by atoms with van der Waals surface area (Å²) >= 11 is 2.27. The van der Waals surface area contributed by atoms with Gasteiger partial charge in [-0.25, -0.2) is 0 Å². The van der Waals surface area contributed by atoms with Crippen LogP contribution >= 0.6 is 22.6 Å². The van der Waals surface area contributed by atoms with Crippen molar-refractivity contribution in [2.45, 2.75) is 6.92 Å². The van der Waals surface area contributed by atoms with Gasteiger partial charge >= 0.3 is 0 Å². The summed E-state index contributed by atoms with van der Waals surface area (Å²) in [6.07, 6.45) is 0. The first-order valence-corrected chi connectivity index (χ1v) is 4.29. The largest absolute Gasteiger partial charge is 0.494 e. The normalized spacial score (nSPS) is 9.40. The molecule has 0 aromatic heterocycles. The maximum atomic E-state index is 5.28. The van der Waals surface area contributed by atoms with E-state index >= 15 is 0 Å². The molecule has 0 unspecified atom stereocenters. The Bertz CT molecular complexity index is 210. The predicted molar refractivity (Wildman–Crippen MR) is 50.3 cm³/mol. The minimum Gasteiger partial charge on any atom is -0.494 e. The lowest BCUT2D eigenvalue weighted by Gasteiger charge is -2.01. The van der Waals surface area contributed by atoms with E-state index in [9.17, 15) is 0 Å². The zero-order chi connectivity index (χ0) is 7.40. The van der Waals surface area contributed by atoms with E-state index in [0.29, 0.717) is 0 Å². The van der Waals surface area contributed by atoms with Crippen molar-refractivity contribution >= 4 is 22.6 Å². The second-order valence-corrected chi connectivity index (χ2v) is 3.14.